The number of esters is 1. The highest BCUT2D eigenvalue weighted by atomic mass is 16.7. The van der Waals surface area contributed by atoms with Crippen molar-refractivity contribution >= 4 is 18.3 Å². The summed E-state index contributed by atoms with van der Waals surface area (Å²) in [4.78, 5) is 34.5. The Bertz CT molecular complexity index is 611. The first-order valence-corrected chi connectivity index (χ1v) is 8.47. The third-order valence-electron chi connectivity index (χ3n) is 3.07. The summed E-state index contributed by atoms with van der Waals surface area (Å²) in [5.41, 5.74) is 0.796. The molecule has 0 aliphatic rings. The van der Waals surface area contributed by atoms with Gasteiger partial charge >= 0.3 is 18.3 Å². The molecule has 0 spiro atoms. The summed E-state index contributed by atoms with van der Waals surface area (Å²) in [6.45, 7) is 5.67. The van der Waals surface area contributed by atoms with Gasteiger partial charge in [0.05, 0.1) is 19.8 Å². The van der Waals surface area contributed by atoms with Gasteiger partial charge < -0.3 is 23.7 Å². The van der Waals surface area contributed by atoms with Crippen LogP contribution in [0.15, 0.2) is 18.2 Å². The fourth-order valence-electron chi connectivity index (χ4n) is 2.02. The SMILES string of the molecule is CCOC(=O)CCCc1ccc(OC(=O)OCC)c(OC(=O)OCC)c1. The van der Waals surface area contributed by atoms with Crippen LogP contribution in [0.5, 0.6) is 11.5 Å². The van der Waals surface area contributed by atoms with Crippen LogP contribution in [0.3, 0.4) is 0 Å². The first kappa shape index (κ1) is 21.3. The molecular weight excluding hydrogens is 344 g/mol. The molecule has 8 heteroatoms. The summed E-state index contributed by atoms with van der Waals surface area (Å²) in [6, 6.07) is 4.75. The smallest absolute Gasteiger partial charge is 0.466 e. The highest BCUT2D eigenvalue weighted by Crippen LogP contribution is 2.30. The highest BCUT2D eigenvalue weighted by Gasteiger charge is 2.16. The van der Waals surface area contributed by atoms with Crippen molar-refractivity contribution in [3.05, 3.63) is 23.8 Å². The molecule has 0 aliphatic heterocycles. The second-order valence-corrected chi connectivity index (χ2v) is 5.01. The molecule has 0 radical (unpaired) electrons. The Morgan fingerprint density at radius 1 is 0.808 bits per heavy atom. The molecule has 0 saturated carbocycles. The zero-order valence-electron chi connectivity index (χ0n) is 15.2. The van der Waals surface area contributed by atoms with Crippen molar-refractivity contribution in [3.63, 3.8) is 0 Å². The molecule has 0 heterocycles. The number of carbonyl (C=O) groups is 3. The van der Waals surface area contributed by atoms with Crippen LogP contribution in [0.1, 0.15) is 39.2 Å². The van der Waals surface area contributed by atoms with Crippen LogP contribution < -0.4 is 9.47 Å². The molecule has 0 saturated heterocycles. The summed E-state index contributed by atoms with van der Waals surface area (Å²) in [6.07, 6.45) is -0.419. The van der Waals surface area contributed by atoms with E-state index in [0.29, 0.717) is 19.4 Å². The van der Waals surface area contributed by atoms with Gasteiger partial charge in [-0.25, -0.2) is 9.59 Å². The third-order valence-corrected chi connectivity index (χ3v) is 3.07. The van der Waals surface area contributed by atoms with E-state index in [1.54, 1.807) is 32.9 Å². The summed E-state index contributed by atoms with van der Waals surface area (Å²) in [7, 11) is 0. The van der Waals surface area contributed by atoms with Crippen molar-refractivity contribution in [1.82, 2.24) is 0 Å². The zero-order chi connectivity index (χ0) is 19.4. The van der Waals surface area contributed by atoms with E-state index < -0.39 is 12.3 Å². The lowest BCUT2D eigenvalue weighted by molar-refractivity contribution is -0.143. The predicted octanol–water partition coefficient (Wildman–Crippen LogP) is 3.64. The van der Waals surface area contributed by atoms with E-state index >= 15 is 0 Å². The Balaban J connectivity index is 2.82. The van der Waals surface area contributed by atoms with Gasteiger partial charge in [-0.2, -0.15) is 0 Å². The molecule has 26 heavy (non-hydrogen) atoms. The topological polar surface area (TPSA) is 97.4 Å². The largest absolute Gasteiger partial charge is 0.513 e. The normalized spacial score (nSPS) is 9.96. The lowest BCUT2D eigenvalue weighted by Crippen LogP contribution is -2.14. The maximum Gasteiger partial charge on any atom is 0.513 e. The van der Waals surface area contributed by atoms with E-state index in [1.807, 2.05) is 0 Å². The van der Waals surface area contributed by atoms with Crippen molar-refractivity contribution in [1.29, 1.82) is 0 Å². The second-order valence-electron chi connectivity index (χ2n) is 5.01. The minimum Gasteiger partial charge on any atom is -0.466 e. The van der Waals surface area contributed by atoms with E-state index in [1.165, 1.54) is 6.07 Å². The van der Waals surface area contributed by atoms with Crippen molar-refractivity contribution < 1.29 is 38.1 Å². The minimum absolute atomic E-state index is 0.0325. The van der Waals surface area contributed by atoms with Gasteiger partial charge in [-0.05, 0) is 51.3 Å². The van der Waals surface area contributed by atoms with Gasteiger partial charge in [0.2, 0.25) is 0 Å². The number of aryl methyl sites for hydroxylation is 1. The van der Waals surface area contributed by atoms with Crippen molar-refractivity contribution in [2.75, 3.05) is 19.8 Å². The van der Waals surface area contributed by atoms with Crippen LogP contribution in [-0.2, 0) is 25.4 Å². The summed E-state index contributed by atoms with van der Waals surface area (Å²) < 4.78 is 24.4. The van der Waals surface area contributed by atoms with E-state index in [-0.39, 0.29) is 37.1 Å². The molecule has 0 unspecified atom stereocenters. The molecule has 0 amide bonds. The monoisotopic (exact) mass is 368 g/mol. The fraction of sp³-hybridized carbons (Fsp3) is 0.500. The van der Waals surface area contributed by atoms with Crippen LogP contribution in [0.25, 0.3) is 0 Å². The molecule has 8 nitrogen and oxygen atoms in total. The maximum atomic E-state index is 11.6. The average Bonchev–Trinajstić information content (AvgIpc) is 2.58. The molecule has 0 fully saturated rings. The highest BCUT2D eigenvalue weighted by molar-refractivity contribution is 5.70. The molecule has 1 rings (SSSR count). The molecule has 0 atom stereocenters. The molecule has 0 N–H and O–H groups in total. The molecular formula is C18H24O8. The van der Waals surface area contributed by atoms with Crippen LogP contribution in [0.4, 0.5) is 9.59 Å². The predicted molar refractivity (Wildman–Crippen MR) is 91.3 cm³/mol. The van der Waals surface area contributed by atoms with Gasteiger partial charge in [0, 0.05) is 6.42 Å². The molecule has 144 valence electrons. The van der Waals surface area contributed by atoms with Crippen LogP contribution >= 0.6 is 0 Å². The van der Waals surface area contributed by atoms with Gasteiger partial charge in [-0.3, -0.25) is 4.79 Å². The Labute approximate surface area is 152 Å². The van der Waals surface area contributed by atoms with Crippen LogP contribution in [0, 0.1) is 0 Å². The number of ether oxygens (including phenoxy) is 5. The third kappa shape index (κ3) is 7.87. The van der Waals surface area contributed by atoms with Gasteiger partial charge in [-0.1, -0.05) is 6.07 Å². The molecule has 1 aromatic rings. The van der Waals surface area contributed by atoms with E-state index in [2.05, 4.69) is 0 Å². The molecule has 0 aromatic heterocycles. The Hall–Kier alpha value is -2.77. The van der Waals surface area contributed by atoms with Crippen LogP contribution in [0.2, 0.25) is 0 Å². The van der Waals surface area contributed by atoms with Crippen molar-refractivity contribution in [3.8, 4) is 11.5 Å². The Morgan fingerprint density at radius 2 is 1.38 bits per heavy atom. The van der Waals surface area contributed by atoms with Gasteiger partial charge in [0.25, 0.3) is 0 Å². The van der Waals surface area contributed by atoms with Crippen molar-refractivity contribution in [2.24, 2.45) is 0 Å². The first-order chi connectivity index (χ1) is 12.5. The second kappa shape index (κ2) is 11.7. The van der Waals surface area contributed by atoms with E-state index in [0.717, 1.165) is 5.56 Å². The summed E-state index contributed by atoms with van der Waals surface area (Å²) in [5, 5.41) is 0. The summed E-state index contributed by atoms with van der Waals surface area (Å²) in [5.74, 6) is -0.200. The number of benzene rings is 1. The molecule has 1 aromatic carbocycles. The lowest BCUT2D eigenvalue weighted by Gasteiger charge is -2.12. The first-order valence-electron chi connectivity index (χ1n) is 8.47. The number of rotatable bonds is 9. The van der Waals surface area contributed by atoms with Crippen molar-refractivity contribution in [2.45, 2.75) is 40.0 Å². The Morgan fingerprint density at radius 3 is 1.96 bits per heavy atom. The number of hydrogen-bond acceptors (Lipinski definition) is 8. The zero-order valence-corrected chi connectivity index (χ0v) is 15.2. The fourth-order valence-corrected chi connectivity index (χ4v) is 2.02. The van der Waals surface area contributed by atoms with Gasteiger partial charge in [-0.15, -0.1) is 0 Å². The van der Waals surface area contributed by atoms with Crippen LogP contribution in [-0.4, -0.2) is 38.1 Å². The van der Waals surface area contributed by atoms with E-state index in [4.69, 9.17) is 23.7 Å². The lowest BCUT2D eigenvalue weighted by atomic mass is 10.1. The summed E-state index contributed by atoms with van der Waals surface area (Å²) >= 11 is 0. The minimum atomic E-state index is -0.912. The Kier molecular flexibility index (Phi) is 9.59. The average molecular weight is 368 g/mol. The quantitative estimate of drug-likeness (QED) is 0.370. The molecule has 0 bridgehead atoms. The van der Waals surface area contributed by atoms with Gasteiger partial charge in [0.15, 0.2) is 11.5 Å². The number of carbonyl (C=O) groups excluding carboxylic acids is 3. The maximum absolute atomic E-state index is 11.6. The standard InChI is InChI=1S/C18H24O8/c1-4-22-16(19)9-7-8-13-10-11-14(25-17(20)23-5-2)15(12-13)26-18(21)24-6-3/h10-12H,4-9H2,1-3H3. The number of hydrogen-bond donors (Lipinski definition) is 0. The molecule has 0 aliphatic carbocycles. The van der Waals surface area contributed by atoms with E-state index in [9.17, 15) is 14.4 Å². The van der Waals surface area contributed by atoms with Gasteiger partial charge in [0.1, 0.15) is 0 Å².